The van der Waals surface area contributed by atoms with Gasteiger partial charge in [-0.3, -0.25) is 0 Å². The third-order valence-corrected chi connectivity index (χ3v) is 3.69. The Balaban J connectivity index is 2.13. The lowest BCUT2D eigenvalue weighted by Crippen LogP contribution is -2.27. The first kappa shape index (κ1) is 18.7. The maximum Gasteiger partial charge on any atom is 0.335 e. The number of nitrogens with one attached hydrogen (secondary N) is 1. The van der Waals surface area contributed by atoms with E-state index < -0.39 is 5.97 Å². The normalized spacial score (nSPS) is 11.0. The van der Waals surface area contributed by atoms with Crippen molar-refractivity contribution >= 4 is 5.97 Å². The molecule has 0 fully saturated rings. The minimum atomic E-state index is -0.872. The third kappa shape index (κ3) is 7.57. The summed E-state index contributed by atoms with van der Waals surface area (Å²) in [5.74, 6) is -0.872. The van der Waals surface area contributed by atoms with Gasteiger partial charge < -0.3 is 15.3 Å². The number of benzene rings is 1. The van der Waals surface area contributed by atoms with Crippen molar-refractivity contribution in [3.8, 4) is 0 Å². The van der Waals surface area contributed by atoms with E-state index in [4.69, 9.17) is 5.11 Å². The van der Waals surface area contributed by atoms with Gasteiger partial charge in [-0.2, -0.15) is 0 Å². The number of carbonyl (C=O) groups is 1. The Morgan fingerprint density at radius 2 is 1.68 bits per heavy atom. The first-order valence-electron chi connectivity index (χ1n) is 8.42. The summed E-state index contributed by atoms with van der Waals surface area (Å²) in [6.07, 6.45) is 4.86. The van der Waals surface area contributed by atoms with Crippen LogP contribution in [0.2, 0.25) is 0 Å². The van der Waals surface area contributed by atoms with Crippen LogP contribution >= 0.6 is 0 Å². The van der Waals surface area contributed by atoms with Crippen LogP contribution in [0.3, 0.4) is 0 Å². The SMILES string of the molecule is CCCN(CCC)CCCCNCc1ccc(C(=O)O)cc1. The molecule has 0 saturated heterocycles. The second kappa shape index (κ2) is 11.2. The van der Waals surface area contributed by atoms with Gasteiger partial charge in [0.1, 0.15) is 0 Å². The highest BCUT2D eigenvalue weighted by atomic mass is 16.4. The standard InChI is InChI=1S/C18H30N2O2/c1-3-12-20(13-4-2)14-6-5-11-19-15-16-7-9-17(10-8-16)18(21)22/h7-10,19H,3-6,11-15H2,1-2H3,(H,21,22). The van der Waals surface area contributed by atoms with Crippen LogP contribution < -0.4 is 5.32 Å². The van der Waals surface area contributed by atoms with E-state index in [0.717, 1.165) is 18.7 Å². The molecule has 0 heterocycles. The van der Waals surface area contributed by atoms with Gasteiger partial charge in [0.15, 0.2) is 0 Å². The van der Waals surface area contributed by atoms with Gasteiger partial charge in [-0.25, -0.2) is 4.79 Å². The van der Waals surface area contributed by atoms with E-state index in [9.17, 15) is 4.79 Å². The summed E-state index contributed by atoms with van der Waals surface area (Å²) in [6, 6.07) is 7.07. The van der Waals surface area contributed by atoms with Crippen LogP contribution in [0.1, 0.15) is 55.5 Å². The lowest BCUT2D eigenvalue weighted by molar-refractivity contribution is 0.0697. The summed E-state index contributed by atoms with van der Waals surface area (Å²) in [6.45, 7) is 9.88. The van der Waals surface area contributed by atoms with Gasteiger partial charge in [0, 0.05) is 6.54 Å². The lowest BCUT2D eigenvalue weighted by atomic mass is 10.1. The first-order chi connectivity index (χ1) is 10.7. The molecule has 2 N–H and O–H groups in total. The summed E-state index contributed by atoms with van der Waals surface area (Å²) < 4.78 is 0. The highest BCUT2D eigenvalue weighted by Gasteiger charge is 2.03. The van der Waals surface area contributed by atoms with Crippen LogP contribution in [0.15, 0.2) is 24.3 Å². The van der Waals surface area contributed by atoms with Gasteiger partial charge in [0.05, 0.1) is 5.56 Å². The number of aromatic carboxylic acids is 1. The second-order valence-corrected chi connectivity index (χ2v) is 5.73. The van der Waals surface area contributed by atoms with Crippen LogP contribution in [0.25, 0.3) is 0 Å². The number of carboxylic acid groups (broad SMARTS) is 1. The number of unbranched alkanes of at least 4 members (excludes halogenated alkanes) is 1. The van der Waals surface area contributed by atoms with Crippen LogP contribution in [0, 0.1) is 0 Å². The highest BCUT2D eigenvalue weighted by molar-refractivity contribution is 5.87. The molecule has 0 spiro atoms. The Labute approximate surface area is 134 Å². The summed E-state index contributed by atoms with van der Waals surface area (Å²) in [5, 5.41) is 12.3. The zero-order chi connectivity index (χ0) is 16.2. The molecule has 0 aliphatic heterocycles. The molecule has 22 heavy (non-hydrogen) atoms. The Bertz CT molecular complexity index is 412. The summed E-state index contributed by atoms with van der Waals surface area (Å²) in [5.41, 5.74) is 1.47. The molecule has 0 saturated carbocycles. The van der Waals surface area contributed by atoms with Crippen molar-refractivity contribution < 1.29 is 9.90 Å². The molecule has 4 heteroatoms. The molecule has 0 unspecified atom stereocenters. The molecule has 0 amide bonds. The van der Waals surface area contributed by atoms with Gasteiger partial charge in [-0.05, 0) is 69.6 Å². The smallest absolute Gasteiger partial charge is 0.335 e. The molecule has 0 aromatic heterocycles. The highest BCUT2D eigenvalue weighted by Crippen LogP contribution is 2.04. The summed E-state index contributed by atoms with van der Waals surface area (Å²) in [7, 11) is 0. The average Bonchev–Trinajstić information content (AvgIpc) is 2.51. The maximum absolute atomic E-state index is 10.8. The van der Waals surface area contributed by atoms with Gasteiger partial charge in [-0.15, -0.1) is 0 Å². The average molecular weight is 306 g/mol. The van der Waals surface area contributed by atoms with E-state index in [1.807, 2.05) is 12.1 Å². The van der Waals surface area contributed by atoms with Crippen molar-refractivity contribution in [2.75, 3.05) is 26.2 Å². The van der Waals surface area contributed by atoms with E-state index in [0.29, 0.717) is 5.56 Å². The van der Waals surface area contributed by atoms with Crippen LogP contribution in [0.5, 0.6) is 0 Å². The van der Waals surface area contributed by atoms with Gasteiger partial charge in [0.2, 0.25) is 0 Å². The molecule has 0 bridgehead atoms. The number of hydrogen-bond donors (Lipinski definition) is 2. The van der Waals surface area contributed by atoms with Crippen molar-refractivity contribution in [3.05, 3.63) is 35.4 Å². The molecule has 0 aliphatic rings. The number of rotatable bonds is 12. The second-order valence-electron chi connectivity index (χ2n) is 5.73. The van der Waals surface area contributed by atoms with Crippen LogP contribution in [-0.4, -0.2) is 42.2 Å². The first-order valence-corrected chi connectivity index (χ1v) is 8.42. The molecule has 0 atom stereocenters. The fraction of sp³-hybridized carbons (Fsp3) is 0.611. The Kier molecular flexibility index (Phi) is 9.51. The van der Waals surface area contributed by atoms with Crippen molar-refractivity contribution in [2.24, 2.45) is 0 Å². The zero-order valence-electron chi connectivity index (χ0n) is 14.0. The molecule has 4 nitrogen and oxygen atoms in total. The van der Waals surface area contributed by atoms with E-state index in [1.54, 1.807) is 12.1 Å². The lowest BCUT2D eigenvalue weighted by Gasteiger charge is -2.20. The van der Waals surface area contributed by atoms with Gasteiger partial charge in [0.25, 0.3) is 0 Å². The van der Waals surface area contributed by atoms with Crippen molar-refractivity contribution in [1.82, 2.24) is 10.2 Å². The molecular weight excluding hydrogens is 276 g/mol. The van der Waals surface area contributed by atoms with Crippen molar-refractivity contribution in [3.63, 3.8) is 0 Å². The largest absolute Gasteiger partial charge is 0.478 e. The third-order valence-electron chi connectivity index (χ3n) is 3.69. The van der Waals surface area contributed by atoms with Gasteiger partial charge in [-0.1, -0.05) is 26.0 Å². The summed E-state index contributed by atoms with van der Waals surface area (Å²) in [4.78, 5) is 13.3. The zero-order valence-corrected chi connectivity index (χ0v) is 14.0. The number of hydrogen-bond acceptors (Lipinski definition) is 3. The molecule has 1 aromatic rings. The predicted molar refractivity (Wildman–Crippen MR) is 91.4 cm³/mol. The fourth-order valence-corrected chi connectivity index (χ4v) is 2.55. The van der Waals surface area contributed by atoms with Crippen LogP contribution in [0.4, 0.5) is 0 Å². The monoisotopic (exact) mass is 306 g/mol. The van der Waals surface area contributed by atoms with Gasteiger partial charge >= 0.3 is 5.97 Å². The van der Waals surface area contributed by atoms with E-state index in [2.05, 4.69) is 24.1 Å². The topological polar surface area (TPSA) is 52.6 Å². The molecule has 1 aromatic carbocycles. The molecule has 124 valence electrons. The van der Waals surface area contributed by atoms with E-state index >= 15 is 0 Å². The quantitative estimate of drug-likeness (QED) is 0.581. The Hall–Kier alpha value is -1.39. The predicted octanol–water partition coefficient (Wildman–Crippen LogP) is 3.38. The molecule has 1 rings (SSSR count). The van der Waals surface area contributed by atoms with Crippen molar-refractivity contribution in [2.45, 2.75) is 46.1 Å². The molecule has 0 aliphatic carbocycles. The molecule has 0 radical (unpaired) electrons. The fourth-order valence-electron chi connectivity index (χ4n) is 2.55. The van der Waals surface area contributed by atoms with E-state index in [-0.39, 0.29) is 0 Å². The minimum Gasteiger partial charge on any atom is -0.478 e. The minimum absolute atomic E-state index is 0.343. The number of carboxylic acids is 1. The number of nitrogens with zero attached hydrogens (tertiary/aromatic N) is 1. The van der Waals surface area contributed by atoms with Crippen LogP contribution in [-0.2, 0) is 6.54 Å². The Morgan fingerprint density at radius 1 is 1.05 bits per heavy atom. The Morgan fingerprint density at radius 3 is 2.23 bits per heavy atom. The molecular formula is C18H30N2O2. The van der Waals surface area contributed by atoms with Crippen molar-refractivity contribution in [1.29, 1.82) is 0 Å². The maximum atomic E-state index is 10.8. The van der Waals surface area contributed by atoms with E-state index in [1.165, 1.54) is 45.3 Å². The summed E-state index contributed by atoms with van der Waals surface area (Å²) >= 11 is 0.